The predicted molar refractivity (Wildman–Crippen MR) is 54.0 cm³/mol. The second-order valence-corrected chi connectivity index (χ2v) is 3.93. The van der Waals surface area contributed by atoms with Crippen LogP contribution in [0.5, 0.6) is 0 Å². The fourth-order valence-corrected chi connectivity index (χ4v) is 1.64. The molecule has 1 rings (SSSR count). The van der Waals surface area contributed by atoms with E-state index in [0.717, 1.165) is 0 Å². The fourth-order valence-electron chi connectivity index (χ4n) is 0.695. The highest BCUT2D eigenvalue weighted by Gasteiger charge is 2.15. The number of halogens is 4. The zero-order valence-corrected chi connectivity index (χ0v) is 9.43. The van der Waals surface area contributed by atoms with Gasteiger partial charge in [-0.05, 0) is 44.6 Å². The second kappa shape index (κ2) is 3.82. The molecule has 2 nitrogen and oxygen atoms in total. The lowest BCUT2D eigenvalue weighted by Crippen LogP contribution is -1.99. The van der Waals surface area contributed by atoms with E-state index >= 15 is 0 Å². The maximum Gasteiger partial charge on any atom is 0.265 e. The lowest BCUT2D eigenvalue weighted by molar-refractivity contribution is 0.150. The van der Waals surface area contributed by atoms with Crippen LogP contribution in [-0.4, -0.2) is 4.98 Å². The molecule has 1 aromatic heterocycles. The molecular weight excluding hydrogens is 345 g/mol. The quantitative estimate of drug-likeness (QED) is 0.626. The number of nitrogens with zero attached hydrogens (tertiary/aromatic N) is 1. The van der Waals surface area contributed by atoms with Crippen LogP contribution in [0.15, 0.2) is 10.7 Å². The van der Waals surface area contributed by atoms with E-state index in [4.69, 9.17) is 5.73 Å². The molecule has 0 amide bonds. The molecule has 0 atom stereocenters. The van der Waals surface area contributed by atoms with E-state index in [1.165, 1.54) is 6.07 Å². The van der Waals surface area contributed by atoms with Crippen molar-refractivity contribution in [3.05, 3.63) is 19.8 Å². The second-order valence-electron chi connectivity index (χ2n) is 2.03. The number of pyridine rings is 1. The van der Waals surface area contributed by atoms with Crippen LogP contribution in [0.4, 0.5) is 14.6 Å². The highest BCUT2D eigenvalue weighted by Crippen LogP contribution is 2.29. The van der Waals surface area contributed by atoms with Crippen LogP contribution < -0.4 is 5.73 Å². The first kappa shape index (κ1) is 10.1. The van der Waals surface area contributed by atoms with E-state index in [1.54, 1.807) is 22.6 Å². The van der Waals surface area contributed by atoms with Crippen molar-refractivity contribution < 1.29 is 8.78 Å². The van der Waals surface area contributed by atoms with E-state index in [-0.39, 0.29) is 11.4 Å². The van der Waals surface area contributed by atoms with Gasteiger partial charge in [-0.15, -0.1) is 0 Å². The van der Waals surface area contributed by atoms with E-state index in [9.17, 15) is 8.78 Å². The van der Waals surface area contributed by atoms with Gasteiger partial charge in [0.1, 0.15) is 10.4 Å². The molecule has 66 valence electrons. The molecule has 0 saturated heterocycles. The number of nitrogens with two attached hydrogens (primary N) is 1. The van der Waals surface area contributed by atoms with Crippen molar-refractivity contribution in [2.45, 2.75) is 6.43 Å². The summed E-state index contributed by atoms with van der Waals surface area (Å²) in [4.78, 5) is 3.77. The molecule has 0 aliphatic rings. The highest BCUT2D eigenvalue weighted by molar-refractivity contribution is 14.1. The third-order valence-electron chi connectivity index (χ3n) is 1.22. The molecule has 2 N–H and O–H groups in total. The minimum atomic E-state index is -2.52. The minimum Gasteiger partial charge on any atom is -0.383 e. The van der Waals surface area contributed by atoms with E-state index in [1.807, 2.05) is 0 Å². The first-order chi connectivity index (χ1) is 5.52. The molecule has 12 heavy (non-hydrogen) atoms. The number of aromatic nitrogens is 1. The smallest absolute Gasteiger partial charge is 0.265 e. The van der Waals surface area contributed by atoms with Gasteiger partial charge in [0.05, 0.1) is 3.57 Å². The highest BCUT2D eigenvalue weighted by atomic mass is 127. The summed E-state index contributed by atoms with van der Waals surface area (Å²) in [5.74, 6) is 0.125. The molecule has 0 aliphatic heterocycles. The van der Waals surface area contributed by atoms with Crippen molar-refractivity contribution >= 4 is 44.3 Å². The molecule has 0 bridgehead atoms. The van der Waals surface area contributed by atoms with E-state index < -0.39 is 6.43 Å². The van der Waals surface area contributed by atoms with Gasteiger partial charge >= 0.3 is 0 Å². The van der Waals surface area contributed by atoms with Crippen molar-refractivity contribution in [3.8, 4) is 0 Å². The number of hydrogen-bond donors (Lipinski definition) is 1. The number of rotatable bonds is 1. The number of alkyl halides is 2. The third-order valence-corrected chi connectivity index (χ3v) is 2.80. The lowest BCUT2D eigenvalue weighted by atomic mass is 10.3. The molecule has 0 fully saturated rings. The Balaban J connectivity index is 3.28. The minimum absolute atomic E-state index is 0.0880. The van der Waals surface area contributed by atoms with Gasteiger partial charge in [0.15, 0.2) is 0 Å². The number of nitrogen functional groups attached to an aromatic ring is 1. The zero-order valence-electron chi connectivity index (χ0n) is 5.69. The van der Waals surface area contributed by atoms with Gasteiger partial charge in [0, 0.05) is 5.56 Å². The van der Waals surface area contributed by atoms with Crippen molar-refractivity contribution in [1.29, 1.82) is 0 Å². The van der Waals surface area contributed by atoms with Gasteiger partial charge in [-0.1, -0.05) is 0 Å². The molecule has 0 radical (unpaired) electrons. The topological polar surface area (TPSA) is 38.9 Å². The lowest BCUT2D eigenvalue weighted by Gasteiger charge is -2.05. The normalized spacial score (nSPS) is 10.8. The Morgan fingerprint density at radius 2 is 2.17 bits per heavy atom. The van der Waals surface area contributed by atoms with E-state index in [2.05, 4.69) is 20.9 Å². The van der Waals surface area contributed by atoms with Gasteiger partial charge in [-0.3, -0.25) is 0 Å². The van der Waals surface area contributed by atoms with Crippen LogP contribution in [0.25, 0.3) is 0 Å². The summed E-state index contributed by atoms with van der Waals surface area (Å²) in [6.45, 7) is 0. The maximum absolute atomic E-state index is 12.3. The monoisotopic (exact) mass is 348 g/mol. The molecule has 0 spiro atoms. The largest absolute Gasteiger partial charge is 0.383 e. The Bertz CT molecular complexity index is 306. The summed E-state index contributed by atoms with van der Waals surface area (Å²) in [5.41, 5.74) is 5.29. The molecule has 6 heteroatoms. The average Bonchev–Trinajstić information content (AvgIpc) is 1.96. The number of anilines is 1. The van der Waals surface area contributed by atoms with E-state index in [0.29, 0.717) is 8.17 Å². The Kier molecular flexibility index (Phi) is 3.22. The molecule has 0 aromatic carbocycles. The van der Waals surface area contributed by atoms with Gasteiger partial charge < -0.3 is 5.73 Å². The Morgan fingerprint density at radius 1 is 1.58 bits per heavy atom. The Morgan fingerprint density at radius 3 is 2.67 bits per heavy atom. The van der Waals surface area contributed by atoms with Gasteiger partial charge in [-0.25, -0.2) is 13.8 Å². The molecule has 0 unspecified atom stereocenters. The van der Waals surface area contributed by atoms with Gasteiger partial charge in [0.2, 0.25) is 0 Å². The Labute approximate surface area is 89.8 Å². The average molecular weight is 349 g/mol. The first-order valence-electron chi connectivity index (χ1n) is 2.92. The van der Waals surface area contributed by atoms with Crippen molar-refractivity contribution in [3.63, 3.8) is 0 Å². The third kappa shape index (κ3) is 2.03. The van der Waals surface area contributed by atoms with Crippen LogP contribution in [0.3, 0.4) is 0 Å². The van der Waals surface area contributed by atoms with Crippen LogP contribution in [0, 0.1) is 3.57 Å². The summed E-state index contributed by atoms with van der Waals surface area (Å²) in [6, 6.07) is 1.27. The van der Waals surface area contributed by atoms with Crippen LogP contribution in [-0.2, 0) is 0 Å². The molecular formula is C6H4BrF2IN2. The first-order valence-corrected chi connectivity index (χ1v) is 4.79. The Hall–Kier alpha value is 0.0200. The molecule has 1 aromatic rings. The summed E-state index contributed by atoms with van der Waals surface area (Å²) < 4.78 is 25.2. The SMILES string of the molecule is Nc1nc(Br)cc(C(F)F)c1I. The van der Waals surface area contributed by atoms with Crippen molar-refractivity contribution in [2.75, 3.05) is 5.73 Å². The van der Waals surface area contributed by atoms with Crippen LogP contribution in [0.2, 0.25) is 0 Å². The van der Waals surface area contributed by atoms with Crippen LogP contribution >= 0.6 is 38.5 Å². The molecule has 0 aliphatic carbocycles. The molecule has 1 heterocycles. The van der Waals surface area contributed by atoms with Crippen LogP contribution in [0.1, 0.15) is 12.0 Å². The zero-order chi connectivity index (χ0) is 9.30. The summed E-state index contributed by atoms with van der Waals surface area (Å²) in [6.07, 6.45) is -2.52. The van der Waals surface area contributed by atoms with Gasteiger partial charge in [0.25, 0.3) is 6.43 Å². The maximum atomic E-state index is 12.3. The molecule has 0 saturated carbocycles. The van der Waals surface area contributed by atoms with Crippen molar-refractivity contribution in [1.82, 2.24) is 4.98 Å². The van der Waals surface area contributed by atoms with Crippen molar-refractivity contribution in [2.24, 2.45) is 0 Å². The summed E-state index contributed by atoms with van der Waals surface area (Å²) >= 11 is 4.74. The predicted octanol–water partition coefficient (Wildman–Crippen LogP) is 2.97. The summed E-state index contributed by atoms with van der Waals surface area (Å²) in [7, 11) is 0. The van der Waals surface area contributed by atoms with Gasteiger partial charge in [-0.2, -0.15) is 0 Å². The number of hydrogen-bond acceptors (Lipinski definition) is 2. The fraction of sp³-hybridized carbons (Fsp3) is 0.167. The summed E-state index contributed by atoms with van der Waals surface area (Å²) in [5, 5.41) is 0. The standard InChI is InChI=1S/C6H4BrF2IN2/c7-3-1-2(5(8)9)4(10)6(11)12-3/h1,5H,(H2,11,12).